The van der Waals surface area contributed by atoms with Crippen LogP contribution < -0.4 is 4.74 Å². The third-order valence-corrected chi connectivity index (χ3v) is 11.7. The van der Waals surface area contributed by atoms with Crippen LogP contribution in [0, 0.1) is 5.82 Å². The lowest BCUT2D eigenvalue weighted by Gasteiger charge is -2.47. The van der Waals surface area contributed by atoms with Gasteiger partial charge in [0.25, 0.3) is 0 Å². The predicted molar refractivity (Wildman–Crippen MR) is 149 cm³/mol. The van der Waals surface area contributed by atoms with E-state index in [0.29, 0.717) is 52.2 Å². The number of aromatic nitrogens is 1. The summed E-state index contributed by atoms with van der Waals surface area (Å²) in [7, 11) is -3.11. The first-order chi connectivity index (χ1) is 19.9. The molecule has 15 heteroatoms. The van der Waals surface area contributed by atoms with Crippen LogP contribution in [0.25, 0.3) is 4.91 Å². The van der Waals surface area contributed by atoms with Crippen LogP contribution in [0.4, 0.5) is 9.18 Å². The fourth-order valence-corrected chi connectivity index (χ4v) is 9.76. The number of oxazole rings is 1. The highest BCUT2D eigenvalue weighted by atomic mass is 32.2. The Balaban J connectivity index is 1.62. The van der Waals surface area contributed by atoms with Gasteiger partial charge in [-0.2, -0.15) is 0 Å². The number of rotatable bonds is 9. The van der Waals surface area contributed by atoms with Gasteiger partial charge in [-0.25, -0.2) is 31.7 Å². The van der Waals surface area contributed by atoms with Crippen LogP contribution in [0.3, 0.4) is 0 Å². The zero-order valence-electron chi connectivity index (χ0n) is 23.5. The van der Waals surface area contributed by atoms with Crippen LogP contribution >= 0.6 is 11.8 Å². The Kier molecular flexibility index (Phi) is 8.31. The van der Waals surface area contributed by atoms with Crippen molar-refractivity contribution < 1.29 is 46.1 Å². The molecule has 3 aliphatic rings. The summed E-state index contributed by atoms with van der Waals surface area (Å²) in [6.45, 7) is 4.61. The maximum atomic E-state index is 14.6. The number of amides is 2. The topological polar surface area (TPSA) is 149 Å². The summed E-state index contributed by atoms with van der Waals surface area (Å²) in [5.41, 5.74) is -1.43. The Labute approximate surface area is 246 Å². The van der Waals surface area contributed by atoms with E-state index in [0.717, 1.165) is 25.6 Å². The summed E-state index contributed by atoms with van der Waals surface area (Å²) in [6.07, 6.45) is 2.65. The first-order valence-corrected chi connectivity index (χ1v) is 15.7. The molecule has 0 aliphatic carbocycles. The fourth-order valence-electron chi connectivity index (χ4n) is 5.44. The number of fused-ring (bicyclic) bond motifs is 1. The molecule has 2 saturated heterocycles. The Morgan fingerprint density at radius 2 is 2.02 bits per heavy atom. The number of carboxylic acids is 1. The van der Waals surface area contributed by atoms with E-state index in [2.05, 4.69) is 4.98 Å². The standard InChI is InChI=1S/C27H32FN3O9S2/c1-15-21(23-29-9-12-39-23)41-24-22(15)42(35,36)31(27(2,3)25(32)33)26(34)30(24)14-20(40-17-7-10-38-11-8-17)18-13-16(28)5-6-19(18)37-4/h5-6,9,12-13,17,20,22,24H,7-8,10-11,14H2,1-4H3,(H,32,33)/t20-,22?,24?/m0/s1. The van der Waals surface area contributed by atoms with Crippen molar-refractivity contribution in [1.82, 2.24) is 14.2 Å². The number of carbonyl (C=O) groups excluding carboxylic acids is 1. The average Bonchev–Trinajstić information content (AvgIpc) is 3.59. The van der Waals surface area contributed by atoms with E-state index in [1.807, 2.05) is 0 Å². The number of aliphatic carboxylic acids is 1. The summed E-state index contributed by atoms with van der Waals surface area (Å²) in [6, 6.07) is 2.91. The highest BCUT2D eigenvalue weighted by Crippen LogP contribution is 2.52. The molecule has 2 fully saturated rings. The minimum absolute atomic E-state index is 0.181. The van der Waals surface area contributed by atoms with E-state index in [-0.39, 0.29) is 18.5 Å². The lowest BCUT2D eigenvalue weighted by atomic mass is 10.0. The van der Waals surface area contributed by atoms with Gasteiger partial charge in [-0.1, -0.05) is 11.8 Å². The molecule has 0 radical (unpaired) electrons. The number of methoxy groups -OCH3 is 1. The van der Waals surface area contributed by atoms with E-state index in [1.165, 1.54) is 42.7 Å². The maximum absolute atomic E-state index is 14.6. The Morgan fingerprint density at radius 3 is 2.64 bits per heavy atom. The molecule has 1 N–H and O–H groups in total. The first kappa shape index (κ1) is 30.3. The van der Waals surface area contributed by atoms with Gasteiger partial charge in [0, 0.05) is 18.8 Å². The molecule has 3 aliphatic heterocycles. The lowest BCUT2D eigenvalue weighted by molar-refractivity contribution is -0.145. The van der Waals surface area contributed by atoms with Crippen LogP contribution in [-0.2, 0) is 24.3 Å². The molecule has 228 valence electrons. The zero-order valence-corrected chi connectivity index (χ0v) is 25.1. The van der Waals surface area contributed by atoms with Crippen molar-refractivity contribution in [2.24, 2.45) is 0 Å². The zero-order chi connectivity index (χ0) is 30.4. The number of halogens is 1. The summed E-state index contributed by atoms with van der Waals surface area (Å²) in [5.74, 6) is -1.55. The number of benzene rings is 1. The summed E-state index contributed by atoms with van der Waals surface area (Å²) in [5, 5.41) is 7.68. The first-order valence-electron chi connectivity index (χ1n) is 13.3. The molecular weight excluding hydrogens is 593 g/mol. The quantitative estimate of drug-likeness (QED) is 0.433. The number of hydrogen-bond acceptors (Lipinski definition) is 10. The van der Waals surface area contributed by atoms with E-state index >= 15 is 0 Å². The van der Waals surface area contributed by atoms with Crippen molar-refractivity contribution in [3.63, 3.8) is 0 Å². The van der Waals surface area contributed by atoms with Crippen LogP contribution in [0.2, 0.25) is 0 Å². The second kappa shape index (κ2) is 11.5. The number of nitrogens with zero attached hydrogens (tertiary/aromatic N) is 3. The van der Waals surface area contributed by atoms with Gasteiger partial charge in [0.1, 0.15) is 34.6 Å². The molecule has 3 atom stereocenters. The van der Waals surface area contributed by atoms with Crippen LogP contribution in [0.1, 0.15) is 51.2 Å². The van der Waals surface area contributed by atoms with Gasteiger partial charge in [0.15, 0.2) is 5.54 Å². The van der Waals surface area contributed by atoms with Gasteiger partial charge in [0.2, 0.25) is 15.9 Å². The van der Waals surface area contributed by atoms with Crippen LogP contribution in [0.5, 0.6) is 5.75 Å². The minimum atomic E-state index is -4.54. The summed E-state index contributed by atoms with van der Waals surface area (Å²) in [4.78, 5) is 32.4. The fraction of sp³-hybridized carbons (Fsp3) is 0.519. The third-order valence-electron chi connectivity index (χ3n) is 7.67. The molecule has 0 spiro atoms. The smallest absolute Gasteiger partial charge is 0.335 e. The highest BCUT2D eigenvalue weighted by molar-refractivity contribution is 8.10. The normalized spacial score (nSPS) is 23.7. The number of hydrogen-bond donors (Lipinski definition) is 1. The summed E-state index contributed by atoms with van der Waals surface area (Å²) >= 11 is 1.09. The highest BCUT2D eigenvalue weighted by Gasteiger charge is 2.61. The molecule has 0 saturated carbocycles. The van der Waals surface area contributed by atoms with Crippen molar-refractivity contribution in [2.75, 3.05) is 26.9 Å². The molecule has 1 aromatic carbocycles. The Morgan fingerprint density at radius 1 is 1.31 bits per heavy atom. The largest absolute Gasteiger partial charge is 0.496 e. The van der Waals surface area contributed by atoms with E-state index in [4.69, 9.17) is 18.6 Å². The van der Waals surface area contributed by atoms with E-state index in [9.17, 15) is 27.5 Å². The molecule has 0 bridgehead atoms. The molecule has 5 rings (SSSR count). The number of thioether (sulfide) groups is 1. The average molecular weight is 626 g/mol. The molecule has 2 aromatic rings. The van der Waals surface area contributed by atoms with Gasteiger partial charge < -0.3 is 28.6 Å². The second-order valence-corrected chi connectivity index (χ2v) is 13.7. The van der Waals surface area contributed by atoms with Crippen molar-refractivity contribution in [3.8, 4) is 5.75 Å². The monoisotopic (exact) mass is 625 g/mol. The van der Waals surface area contributed by atoms with Crippen molar-refractivity contribution >= 4 is 38.7 Å². The van der Waals surface area contributed by atoms with Crippen molar-refractivity contribution in [2.45, 2.75) is 62.0 Å². The molecule has 12 nitrogen and oxygen atoms in total. The van der Waals surface area contributed by atoms with Gasteiger partial charge in [-0.3, -0.25) is 0 Å². The van der Waals surface area contributed by atoms with Gasteiger partial charge >= 0.3 is 12.0 Å². The maximum Gasteiger partial charge on any atom is 0.335 e. The van der Waals surface area contributed by atoms with Gasteiger partial charge in [-0.15, -0.1) is 0 Å². The molecule has 2 unspecified atom stereocenters. The van der Waals surface area contributed by atoms with Gasteiger partial charge in [0.05, 0.1) is 30.9 Å². The third kappa shape index (κ3) is 5.27. The van der Waals surface area contributed by atoms with Crippen molar-refractivity contribution in [3.05, 3.63) is 53.5 Å². The molecule has 42 heavy (non-hydrogen) atoms. The second-order valence-electron chi connectivity index (χ2n) is 10.7. The van der Waals surface area contributed by atoms with Gasteiger partial charge in [-0.05, 0) is 57.4 Å². The van der Waals surface area contributed by atoms with Crippen molar-refractivity contribution in [1.29, 1.82) is 0 Å². The van der Waals surface area contributed by atoms with E-state index in [1.54, 1.807) is 6.92 Å². The molecule has 1 aromatic heterocycles. The number of ether oxygens (including phenoxy) is 3. The molecular formula is C27H32FN3O9S2. The molecule has 2 amide bonds. The number of urea groups is 1. The van der Waals surface area contributed by atoms with Crippen LogP contribution in [0.15, 0.2) is 40.6 Å². The number of carboxylic acid groups (broad SMARTS) is 1. The number of carbonyl (C=O) groups is 2. The summed E-state index contributed by atoms with van der Waals surface area (Å²) < 4.78 is 66.0. The molecule has 4 heterocycles. The Bertz CT molecular complexity index is 1490. The predicted octanol–water partition coefficient (Wildman–Crippen LogP) is 3.86. The SMILES string of the molecule is COc1ccc(F)cc1[C@H](CN1C(=O)N(C(C)(C)C(=O)O)S(=O)(=O)C2C(C)=C(c3ncco3)SC21)OC1CCOCC1. The lowest BCUT2D eigenvalue weighted by Crippen LogP contribution is -2.68. The van der Waals surface area contributed by atoms with E-state index < -0.39 is 50.1 Å². The Hall–Kier alpha value is -3.14. The van der Waals surface area contributed by atoms with Crippen LogP contribution in [-0.4, -0.2) is 88.8 Å². The minimum Gasteiger partial charge on any atom is -0.496 e. The number of sulfonamides is 1.